The maximum Gasteiger partial charge on any atom is 0.231 e. The van der Waals surface area contributed by atoms with Crippen LogP contribution >= 0.6 is 0 Å². The minimum atomic E-state index is -0.190. The van der Waals surface area contributed by atoms with Crippen LogP contribution in [0.1, 0.15) is 36.1 Å². The van der Waals surface area contributed by atoms with E-state index < -0.39 is 0 Å². The van der Waals surface area contributed by atoms with E-state index in [2.05, 4.69) is 10.1 Å². The van der Waals surface area contributed by atoms with Crippen molar-refractivity contribution in [2.45, 2.75) is 25.8 Å². The third-order valence-corrected chi connectivity index (χ3v) is 3.65. The van der Waals surface area contributed by atoms with Crippen molar-refractivity contribution in [1.29, 1.82) is 0 Å². The third kappa shape index (κ3) is 2.60. The van der Waals surface area contributed by atoms with Crippen LogP contribution in [0.3, 0.4) is 0 Å². The Morgan fingerprint density at radius 3 is 2.57 bits per heavy atom. The molecule has 2 heterocycles. The molecule has 1 aromatic carbocycles. The molecule has 0 fully saturated rings. The van der Waals surface area contributed by atoms with Crippen molar-refractivity contribution in [2.24, 2.45) is 5.73 Å². The van der Waals surface area contributed by atoms with Crippen LogP contribution in [-0.4, -0.2) is 10.1 Å². The number of aromatic nitrogens is 2. The first kappa shape index (κ1) is 13.6. The van der Waals surface area contributed by atoms with Gasteiger partial charge < -0.3 is 14.7 Å². The lowest BCUT2D eigenvalue weighted by Crippen LogP contribution is -2.17. The Morgan fingerprint density at radius 2 is 1.90 bits per heavy atom. The van der Waals surface area contributed by atoms with Crippen molar-refractivity contribution in [1.82, 2.24) is 10.1 Å². The number of nitrogens with zero attached hydrogens (tertiary/aromatic N) is 2. The van der Waals surface area contributed by atoms with Gasteiger partial charge in [0.15, 0.2) is 0 Å². The first-order valence-electron chi connectivity index (χ1n) is 6.85. The van der Waals surface area contributed by atoms with E-state index in [1.165, 1.54) is 0 Å². The molecular weight excluding hydrogens is 266 g/mol. The van der Waals surface area contributed by atoms with Crippen LogP contribution in [0.15, 0.2) is 51.6 Å². The maximum atomic E-state index is 6.28. The standard InChI is InChI=1S/C16H17N3O2/c1-10(14(17)12-6-4-3-5-7-12)16-18-15(19-21-16)13-8-9-20-11(13)2/h3-10,14H,17H2,1-2H3. The van der Waals surface area contributed by atoms with Crippen molar-refractivity contribution in [3.63, 3.8) is 0 Å². The second-order valence-corrected chi connectivity index (χ2v) is 5.07. The summed E-state index contributed by atoms with van der Waals surface area (Å²) in [5.41, 5.74) is 8.17. The van der Waals surface area contributed by atoms with Gasteiger partial charge in [-0.2, -0.15) is 4.98 Å². The van der Waals surface area contributed by atoms with Crippen molar-refractivity contribution >= 4 is 0 Å². The maximum absolute atomic E-state index is 6.28. The van der Waals surface area contributed by atoms with E-state index in [1.54, 1.807) is 6.26 Å². The Balaban J connectivity index is 1.85. The summed E-state index contributed by atoms with van der Waals surface area (Å²) in [6.45, 7) is 3.85. The molecular formula is C16H17N3O2. The monoisotopic (exact) mass is 283 g/mol. The van der Waals surface area contributed by atoms with E-state index >= 15 is 0 Å². The zero-order chi connectivity index (χ0) is 14.8. The lowest BCUT2D eigenvalue weighted by Gasteiger charge is -2.16. The van der Waals surface area contributed by atoms with Gasteiger partial charge in [-0.1, -0.05) is 42.4 Å². The van der Waals surface area contributed by atoms with Gasteiger partial charge in [0, 0.05) is 6.04 Å². The molecule has 21 heavy (non-hydrogen) atoms. The largest absolute Gasteiger partial charge is 0.469 e. The third-order valence-electron chi connectivity index (χ3n) is 3.65. The molecule has 5 nitrogen and oxygen atoms in total. The Kier molecular flexibility index (Phi) is 3.58. The molecule has 2 atom stereocenters. The minimum Gasteiger partial charge on any atom is -0.469 e. The Hall–Kier alpha value is -2.40. The molecule has 3 aromatic rings. The number of aryl methyl sites for hydroxylation is 1. The molecule has 5 heteroatoms. The first-order valence-corrected chi connectivity index (χ1v) is 6.85. The van der Waals surface area contributed by atoms with E-state index in [9.17, 15) is 0 Å². The Morgan fingerprint density at radius 1 is 1.14 bits per heavy atom. The molecule has 2 aromatic heterocycles. The lowest BCUT2D eigenvalue weighted by atomic mass is 9.95. The number of hydrogen-bond donors (Lipinski definition) is 1. The van der Waals surface area contributed by atoms with Gasteiger partial charge in [0.05, 0.1) is 17.7 Å². The Bertz CT molecular complexity index is 718. The van der Waals surface area contributed by atoms with Crippen molar-refractivity contribution in [3.05, 3.63) is 59.9 Å². The van der Waals surface area contributed by atoms with Gasteiger partial charge in [-0.3, -0.25) is 0 Å². The average molecular weight is 283 g/mol. The molecule has 0 saturated carbocycles. The number of hydrogen-bond acceptors (Lipinski definition) is 5. The van der Waals surface area contributed by atoms with Gasteiger partial charge >= 0.3 is 0 Å². The summed E-state index contributed by atoms with van der Waals surface area (Å²) in [6, 6.07) is 11.5. The van der Waals surface area contributed by atoms with Gasteiger partial charge in [-0.05, 0) is 18.6 Å². The normalized spacial score (nSPS) is 14.0. The fourth-order valence-electron chi connectivity index (χ4n) is 2.26. The molecule has 0 radical (unpaired) electrons. The minimum absolute atomic E-state index is 0.0687. The van der Waals surface area contributed by atoms with Crippen LogP contribution < -0.4 is 5.73 Å². The Labute approximate surface area is 122 Å². The molecule has 0 aliphatic carbocycles. The molecule has 0 bridgehead atoms. The fraction of sp³-hybridized carbons (Fsp3) is 0.250. The van der Waals surface area contributed by atoms with Crippen LogP contribution in [0, 0.1) is 6.92 Å². The van der Waals surface area contributed by atoms with E-state index in [0.717, 1.165) is 16.9 Å². The van der Waals surface area contributed by atoms with Crippen molar-refractivity contribution in [2.75, 3.05) is 0 Å². The molecule has 108 valence electrons. The highest BCUT2D eigenvalue weighted by atomic mass is 16.5. The number of furan rings is 1. The van der Waals surface area contributed by atoms with Gasteiger partial charge in [0.1, 0.15) is 5.76 Å². The summed E-state index contributed by atoms with van der Waals surface area (Å²) >= 11 is 0. The van der Waals surface area contributed by atoms with Crippen LogP contribution in [0.2, 0.25) is 0 Å². The predicted octanol–water partition coefficient (Wildman–Crippen LogP) is 3.44. The molecule has 2 N–H and O–H groups in total. The summed E-state index contributed by atoms with van der Waals surface area (Å²) < 4.78 is 10.6. The highest BCUT2D eigenvalue weighted by Gasteiger charge is 2.23. The zero-order valence-corrected chi connectivity index (χ0v) is 12.0. The molecule has 0 amide bonds. The van der Waals surface area contributed by atoms with Crippen molar-refractivity contribution in [3.8, 4) is 11.4 Å². The predicted molar refractivity (Wildman–Crippen MR) is 78.5 cm³/mol. The topological polar surface area (TPSA) is 78.1 Å². The van der Waals surface area contributed by atoms with Crippen LogP contribution in [0.4, 0.5) is 0 Å². The number of rotatable bonds is 4. The molecule has 3 rings (SSSR count). The highest BCUT2D eigenvalue weighted by molar-refractivity contribution is 5.56. The smallest absolute Gasteiger partial charge is 0.231 e. The fourth-order valence-corrected chi connectivity index (χ4v) is 2.26. The summed E-state index contributed by atoms with van der Waals surface area (Å²) in [6.07, 6.45) is 1.61. The van der Waals surface area contributed by atoms with E-state index in [-0.39, 0.29) is 12.0 Å². The summed E-state index contributed by atoms with van der Waals surface area (Å²) in [5, 5.41) is 4.01. The van der Waals surface area contributed by atoms with Gasteiger partial charge in [0.25, 0.3) is 0 Å². The second kappa shape index (κ2) is 5.54. The highest BCUT2D eigenvalue weighted by Crippen LogP contribution is 2.29. The average Bonchev–Trinajstić information content (AvgIpc) is 3.15. The SMILES string of the molecule is Cc1occc1-c1noc(C(C)C(N)c2ccccc2)n1. The second-order valence-electron chi connectivity index (χ2n) is 5.07. The zero-order valence-electron chi connectivity index (χ0n) is 12.0. The molecule has 0 aliphatic rings. The summed E-state index contributed by atoms with van der Waals surface area (Å²) in [5.74, 6) is 1.76. The van der Waals surface area contributed by atoms with E-state index in [0.29, 0.717) is 11.7 Å². The van der Waals surface area contributed by atoms with Crippen molar-refractivity contribution < 1.29 is 8.94 Å². The lowest BCUT2D eigenvalue weighted by molar-refractivity contribution is 0.343. The first-order chi connectivity index (χ1) is 10.2. The molecule has 0 spiro atoms. The van der Waals surface area contributed by atoms with Crippen LogP contribution in [0.5, 0.6) is 0 Å². The van der Waals surface area contributed by atoms with E-state index in [1.807, 2.05) is 50.2 Å². The molecule has 2 unspecified atom stereocenters. The number of benzene rings is 1. The summed E-state index contributed by atoms with van der Waals surface area (Å²) in [7, 11) is 0. The molecule has 0 saturated heterocycles. The summed E-state index contributed by atoms with van der Waals surface area (Å²) in [4.78, 5) is 4.44. The van der Waals surface area contributed by atoms with Crippen LogP contribution in [-0.2, 0) is 0 Å². The quantitative estimate of drug-likeness (QED) is 0.793. The van der Waals surface area contributed by atoms with E-state index in [4.69, 9.17) is 14.7 Å². The van der Waals surface area contributed by atoms with Gasteiger partial charge in [-0.25, -0.2) is 0 Å². The van der Waals surface area contributed by atoms with Crippen LogP contribution in [0.25, 0.3) is 11.4 Å². The number of nitrogens with two attached hydrogens (primary N) is 1. The van der Waals surface area contributed by atoms with Gasteiger partial charge in [0.2, 0.25) is 11.7 Å². The molecule has 0 aliphatic heterocycles. The van der Waals surface area contributed by atoms with Gasteiger partial charge in [-0.15, -0.1) is 0 Å².